The number of hydrogen-bond acceptors (Lipinski definition) is 2. The van der Waals surface area contributed by atoms with Gasteiger partial charge in [0.1, 0.15) is 11.2 Å². The standard InChI is InChI=1S/C48H30OS/c1-3-14-31(15-4-1)33-26-34(38-19-8-7-18-37(38)32-16-5-2-6-17-32)28-35(27-33)43-29-36(30-45-47(43)42-21-9-11-24-44(42)49-45)39-22-13-23-41-40-20-10-12-25-46(40)50-48(39)41/h1-30H. The second-order valence-electron chi connectivity index (χ2n) is 12.9. The molecule has 0 radical (unpaired) electrons. The molecule has 2 aromatic heterocycles. The predicted molar refractivity (Wildman–Crippen MR) is 214 cm³/mol. The van der Waals surface area contributed by atoms with Crippen molar-refractivity contribution in [1.82, 2.24) is 0 Å². The summed E-state index contributed by atoms with van der Waals surface area (Å²) in [5, 5.41) is 4.86. The summed E-state index contributed by atoms with van der Waals surface area (Å²) in [6, 6.07) is 65.7. The second-order valence-corrected chi connectivity index (χ2v) is 13.9. The highest BCUT2D eigenvalue weighted by Crippen LogP contribution is 2.46. The van der Waals surface area contributed by atoms with Crippen LogP contribution in [0, 0.1) is 0 Å². The van der Waals surface area contributed by atoms with E-state index in [1.165, 1.54) is 59.1 Å². The van der Waals surface area contributed by atoms with E-state index in [0.717, 1.165) is 38.6 Å². The van der Waals surface area contributed by atoms with E-state index in [0.29, 0.717) is 0 Å². The van der Waals surface area contributed by atoms with E-state index >= 15 is 0 Å². The first kappa shape index (κ1) is 28.8. The zero-order chi connectivity index (χ0) is 33.0. The number of benzene rings is 8. The van der Waals surface area contributed by atoms with Crippen LogP contribution >= 0.6 is 11.3 Å². The number of hydrogen-bond donors (Lipinski definition) is 0. The van der Waals surface area contributed by atoms with Gasteiger partial charge in [-0.05, 0) is 98.1 Å². The molecule has 0 fully saturated rings. The zero-order valence-electron chi connectivity index (χ0n) is 27.1. The molecule has 0 saturated heterocycles. The van der Waals surface area contributed by atoms with Crippen molar-refractivity contribution in [3.8, 4) is 55.6 Å². The second kappa shape index (κ2) is 11.7. The fourth-order valence-corrected chi connectivity index (χ4v) is 8.79. The van der Waals surface area contributed by atoms with Crippen molar-refractivity contribution in [2.75, 3.05) is 0 Å². The molecule has 10 rings (SSSR count). The summed E-state index contributed by atoms with van der Waals surface area (Å²) in [7, 11) is 0. The first-order chi connectivity index (χ1) is 24.8. The molecule has 0 saturated carbocycles. The molecule has 0 aliphatic heterocycles. The van der Waals surface area contributed by atoms with Crippen LogP contribution in [0.15, 0.2) is 186 Å². The first-order valence-corrected chi connectivity index (χ1v) is 17.8. The van der Waals surface area contributed by atoms with E-state index in [4.69, 9.17) is 4.42 Å². The molecule has 0 spiro atoms. The summed E-state index contributed by atoms with van der Waals surface area (Å²) in [5.41, 5.74) is 13.7. The highest BCUT2D eigenvalue weighted by atomic mass is 32.1. The molecule has 8 aromatic carbocycles. The number of rotatable bonds is 5. The van der Waals surface area contributed by atoms with Crippen molar-refractivity contribution in [1.29, 1.82) is 0 Å². The number of thiophene rings is 1. The smallest absolute Gasteiger partial charge is 0.136 e. The summed E-state index contributed by atoms with van der Waals surface area (Å²) < 4.78 is 9.26. The summed E-state index contributed by atoms with van der Waals surface area (Å²) in [5.74, 6) is 0. The molecule has 0 unspecified atom stereocenters. The van der Waals surface area contributed by atoms with Crippen LogP contribution in [0.25, 0.3) is 97.7 Å². The molecular weight excluding hydrogens is 625 g/mol. The van der Waals surface area contributed by atoms with Crippen LogP contribution in [0.2, 0.25) is 0 Å². The molecule has 0 aliphatic rings. The molecule has 0 N–H and O–H groups in total. The highest BCUT2D eigenvalue weighted by molar-refractivity contribution is 7.26. The first-order valence-electron chi connectivity index (χ1n) is 17.0. The Bertz CT molecular complexity index is 2860. The molecule has 0 aliphatic carbocycles. The van der Waals surface area contributed by atoms with Crippen LogP contribution in [0.3, 0.4) is 0 Å². The maximum absolute atomic E-state index is 6.66. The lowest BCUT2D eigenvalue weighted by Crippen LogP contribution is -1.90. The Morgan fingerprint density at radius 1 is 0.320 bits per heavy atom. The normalized spacial score (nSPS) is 11.6. The van der Waals surface area contributed by atoms with Crippen LogP contribution in [-0.2, 0) is 0 Å². The molecule has 2 heteroatoms. The monoisotopic (exact) mass is 654 g/mol. The minimum absolute atomic E-state index is 0.896. The van der Waals surface area contributed by atoms with Gasteiger partial charge in [-0.2, -0.15) is 0 Å². The van der Waals surface area contributed by atoms with Crippen molar-refractivity contribution < 1.29 is 4.42 Å². The van der Waals surface area contributed by atoms with Gasteiger partial charge in [-0.3, -0.25) is 0 Å². The largest absolute Gasteiger partial charge is 0.456 e. The van der Waals surface area contributed by atoms with Crippen molar-refractivity contribution >= 4 is 53.4 Å². The average molecular weight is 655 g/mol. The van der Waals surface area contributed by atoms with Gasteiger partial charge in [0.25, 0.3) is 0 Å². The van der Waals surface area contributed by atoms with Gasteiger partial charge < -0.3 is 4.42 Å². The quantitative estimate of drug-likeness (QED) is 0.180. The van der Waals surface area contributed by atoms with Gasteiger partial charge >= 0.3 is 0 Å². The maximum atomic E-state index is 6.66. The van der Waals surface area contributed by atoms with Crippen LogP contribution < -0.4 is 0 Å². The fraction of sp³-hybridized carbons (Fsp3) is 0. The Hall–Kier alpha value is -6.22. The van der Waals surface area contributed by atoms with Gasteiger partial charge in [-0.1, -0.05) is 140 Å². The summed E-state index contributed by atoms with van der Waals surface area (Å²) in [6.07, 6.45) is 0. The van der Waals surface area contributed by atoms with Crippen LogP contribution in [0.1, 0.15) is 0 Å². The van der Waals surface area contributed by atoms with Crippen molar-refractivity contribution in [2.45, 2.75) is 0 Å². The van der Waals surface area contributed by atoms with E-state index in [1.807, 2.05) is 11.3 Å². The third kappa shape index (κ3) is 4.76. The minimum atomic E-state index is 0.896. The van der Waals surface area contributed by atoms with Gasteiger partial charge in [-0.15, -0.1) is 11.3 Å². The van der Waals surface area contributed by atoms with Crippen molar-refractivity contribution in [3.05, 3.63) is 182 Å². The fourth-order valence-electron chi connectivity index (χ4n) is 7.55. The summed E-state index contributed by atoms with van der Waals surface area (Å²) >= 11 is 1.86. The van der Waals surface area contributed by atoms with E-state index in [-0.39, 0.29) is 0 Å². The van der Waals surface area contributed by atoms with Gasteiger partial charge in [0.2, 0.25) is 0 Å². The average Bonchev–Trinajstić information content (AvgIpc) is 3.77. The molecular formula is C48H30OS. The van der Waals surface area contributed by atoms with Gasteiger partial charge in [0, 0.05) is 30.9 Å². The van der Waals surface area contributed by atoms with E-state index < -0.39 is 0 Å². The third-order valence-corrected chi connectivity index (χ3v) is 11.1. The molecule has 0 bridgehead atoms. The maximum Gasteiger partial charge on any atom is 0.136 e. The summed E-state index contributed by atoms with van der Waals surface area (Å²) in [6.45, 7) is 0. The molecule has 1 nitrogen and oxygen atoms in total. The zero-order valence-corrected chi connectivity index (χ0v) is 28.0. The highest BCUT2D eigenvalue weighted by Gasteiger charge is 2.19. The molecule has 0 atom stereocenters. The molecule has 10 aromatic rings. The van der Waals surface area contributed by atoms with Gasteiger partial charge in [0.15, 0.2) is 0 Å². The Balaban J connectivity index is 1.28. The predicted octanol–water partition coefficient (Wildman–Crippen LogP) is 14.3. The summed E-state index contributed by atoms with van der Waals surface area (Å²) in [4.78, 5) is 0. The Morgan fingerprint density at radius 2 is 0.880 bits per heavy atom. The molecule has 0 amide bonds. The van der Waals surface area contributed by atoms with Crippen molar-refractivity contribution in [3.63, 3.8) is 0 Å². The minimum Gasteiger partial charge on any atom is -0.456 e. The van der Waals surface area contributed by atoms with Crippen molar-refractivity contribution in [2.24, 2.45) is 0 Å². The lowest BCUT2D eigenvalue weighted by Gasteiger charge is -2.16. The molecule has 50 heavy (non-hydrogen) atoms. The number of fused-ring (bicyclic) bond motifs is 6. The van der Waals surface area contributed by atoms with Gasteiger partial charge in [-0.25, -0.2) is 0 Å². The molecule has 234 valence electrons. The lowest BCUT2D eigenvalue weighted by molar-refractivity contribution is 0.669. The Morgan fingerprint density at radius 3 is 1.68 bits per heavy atom. The van der Waals surface area contributed by atoms with E-state index in [9.17, 15) is 0 Å². The molecule has 2 heterocycles. The topological polar surface area (TPSA) is 13.1 Å². The van der Waals surface area contributed by atoms with Gasteiger partial charge in [0.05, 0.1) is 0 Å². The number of para-hydroxylation sites is 1. The Kier molecular flexibility index (Phi) is 6.75. The van der Waals surface area contributed by atoms with Crippen LogP contribution in [-0.4, -0.2) is 0 Å². The lowest BCUT2D eigenvalue weighted by atomic mass is 9.88. The Labute approximate surface area is 294 Å². The van der Waals surface area contributed by atoms with Crippen LogP contribution in [0.4, 0.5) is 0 Å². The van der Waals surface area contributed by atoms with Crippen LogP contribution in [0.5, 0.6) is 0 Å². The van der Waals surface area contributed by atoms with E-state index in [2.05, 4.69) is 182 Å². The number of furan rings is 1. The third-order valence-electron chi connectivity index (χ3n) is 9.87. The van der Waals surface area contributed by atoms with E-state index in [1.54, 1.807) is 0 Å². The SMILES string of the molecule is c1ccc(-c2cc(-c3ccccc3-c3ccccc3)cc(-c3cc(-c4cccc5c4sc4ccccc45)cc4oc5ccccc5c34)c2)cc1.